The van der Waals surface area contributed by atoms with Crippen molar-refractivity contribution in [2.45, 2.75) is 19.8 Å². The smallest absolute Gasteiger partial charge is 0.317 e. The molecule has 0 atom stereocenters. The van der Waals surface area contributed by atoms with Gasteiger partial charge in [0, 0.05) is 13.1 Å². The molecular weight excluding hydrogens is 198 g/mol. The third-order valence-electron chi connectivity index (χ3n) is 2.48. The number of piperidine rings is 1. The molecule has 0 aromatic rings. The van der Waals surface area contributed by atoms with Crippen molar-refractivity contribution in [1.29, 1.82) is 0 Å². The number of hydrogen-bond donors (Lipinski definition) is 2. The highest BCUT2D eigenvalue weighted by atomic mass is 32.1. The van der Waals surface area contributed by atoms with Gasteiger partial charge in [-0.15, -0.1) is 0 Å². The summed E-state index contributed by atoms with van der Waals surface area (Å²) < 4.78 is 0. The molecular formula is C9H17N3OS. The number of hydrogen-bond acceptors (Lipinski definition) is 2. The summed E-state index contributed by atoms with van der Waals surface area (Å²) in [5, 5.41) is 2.69. The monoisotopic (exact) mass is 215 g/mol. The van der Waals surface area contributed by atoms with Gasteiger partial charge in [0.15, 0.2) is 0 Å². The Kier molecular flexibility index (Phi) is 4.13. The van der Waals surface area contributed by atoms with Crippen molar-refractivity contribution in [2.24, 2.45) is 11.7 Å². The molecule has 1 aliphatic rings. The first-order chi connectivity index (χ1) is 6.59. The number of carbonyl (C=O) groups is 1. The molecule has 0 aliphatic carbocycles. The Balaban J connectivity index is 2.27. The summed E-state index contributed by atoms with van der Waals surface area (Å²) in [5.74, 6) is 0.731. The van der Waals surface area contributed by atoms with Crippen LogP contribution < -0.4 is 11.1 Å². The zero-order valence-electron chi connectivity index (χ0n) is 8.45. The Bertz CT molecular complexity index is 224. The van der Waals surface area contributed by atoms with Gasteiger partial charge in [0.05, 0.1) is 11.5 Å². The van der Waals surface area contributed by atoms with E-state index in [1.807, 2.05) is 4.90 Å². The highest BCUT2D eigenvalue weighted by Crippen LogP contribution is 2.15. The Hall–Kier alpha value is -0.840. The van der Waals surface area contributed by atoms with E-state index in [9.17, 15) is 4.79 Å². The summed E-state index contributed by atoms with van der Waals surface area (Å²) in [7, 11) is 0. The van der Waals surface area contributed by atoms with E-state index in [0.717, 1.165) is 31.8 Å². The standard InChI is InChI=1S/C9H17N3OS/c1-7-2-4-12(5-3-7)9(13)11-6-8(10)14/h7H,2-6H2,1H3,(H2,10,14)(H,11,13). The van der Waals surface area contributed by atoms with Crippen LogP contribution in [0.5, 0.6) is 0 Å². The number of nitrogens with zero attached hydrogens (tertiary/aromatic N) is 1. The molecule has 0 radical (unpaired) electrons. The van der Waals surface area contributed by atoms with Gasteiger partial charge in [-0.1, -0.05) is 19.1 Å². The summed E-state index contributed by atoms with van der Waals surface area (Å²) in [4.78, 5) is 13.6. The molecule has 0 aromatic carbocycles. The van der Waals surface area contributed by atoms with Crippen LogP contribution in [0.2, 0.25) is 0 Å². The van der Waals surface area contributed by atoms with Crippen LogP contribution in [0.4, 0.5) is 4.79 Å². The van der Waals surface area contributed by atoms with E-state index >= 15 is 0 Å². The van der Waals surface area contributed by atoms with E-state index in [2.05, 4.69) is 24.5 Å². The van der Waals surface area contributed by atoms with Crippen LogP contribution in [0.15, 0.2) is 0 Å². The van der Waals surface area contributed by atoms with Crippen LogP contribution in [0.3, 0.4) is 0 Å². The van der Waals surface area contributed by atoms with Gasteiger partial charge in [0.1, 0.15) is 0 Å². The number of nitrogens with two attached hydrogens (primary N) is 1. The minimum Gasteiger partial charge on any atom is -0.392 e. The Morgan fingerprint density at radius 3 is 2.64 bits per heavy atom. The van der Waals surface area contributed by atoms with Crippen molar-refractivity contribution >= 4 is 23.2 Å². The van der Waals surface area contributed by atoms with Crippen LogP contribution in [-0.4, -0.2) is 35.6 Å². The number of thiocarbonyl (C=S) groups is 1. The Labute approximate surface area is 89.8 Å². The van der Waals surface area contributed by atoms with Gasteiger partial charge < -0.3 is 16.0 Å². The SMILES string of the molecule is CC1CCN(C(=O)NCC(N)=S)CC1. The van der Waals surface area contributed by atoms with Crippen molar-refractivity contribution in [3.05, 3.63) is 0 Å². The average molecular weight is 215 g/mol. The first kappa shape index (κ1) is 11.2. The van der Waals surface area contributed by atoms with Crippen LogP contribution in [-0.2, 0) is 0 Å². The molecule has 2 amide bonds. The maximum Gasteiger partial charge on any atom is 0.317 e. The molecule has 0 saturated carbocycles. The van der Waals surface area contributed by atoms with Crippen molar-refractivity contribution in [3.8, 4) is 0 Å². The summed E-state index contributed by atoms with van der Waals surface area (Å²) in [6, 6.07) is -0.0512. The van der Waals surface area contributed by atoms with Gasteiger partial charge in [0.2, 0.25) is 0 Å². The van der Waals surface area contributed by atoms with E-state index in [-0.39, 0.29) is 6.03 Å². The molecule has 5 heteroatoms. The largest absolute Gasteiger partial charge is 0.392 e. The fourth-order valence-corrected chi connectivity index (χ4v) is 1.56. The summed E-state index contributed by atoms with van der Waals surface area (Å²) >= 11 is 4.68. The van der Waals surface area contributed by atoms with Crippen molar-refractivity contribution in [3.63, 3.8) is 0 Å². The highest BCUT2D eigenvalue weighted by Gasteiger charge is 2.19. The first-order valence-electron chi connectivity index (χ1n) is 4.90. The van der Waals surface area contributed by atoms with E-state index in [1.165, 1.54) is 0 Å². The Morgan fingerprint density at radius 2 is 2.14 bits per heavy atom. The number of likely N-dealkylation sites (tertiary alicyclic amines) is 1. The van der Waals surface area contributed by atoms with Crippen LogP contribution in [0.1, 0.15) is 19.8 Å². The molecule has 1 saturated heterocycles. The predicted octanol–water partition coefficient (Wildman–Crippen LogP) is 0.714. The van der Waals surface area contributed by atoms with Crippen LogP contribution in [0.25, 0.3) is 0 Å². The second-order valence-corrected chi connectivity index (χ2v) is 4.32. The highest BCUT2D eigenvalue weighted by molar-refractivity contribution is 7.80. The fraction of sp³-hybridized carbons (Fsp3) is 0.778. The molecule has 0 unspecified atom stereocenters. The molecule has 1 fully saturated rings. The third-order valence-corrected chi connectivity index (χ3v) is 2.63. The minimum absolute atomic E-state index is 0.0512. The van der Waals surface area contributed by atoms with Gasteiger partial charge in [-0.3, -0.25) is 0 Å². The lowest BCUT2D eigenvalue weighted by Crippen LogP contribution is -2.46. The molecule has 80 valence electrons. The maximum absolute atomic E-state index is 11.5. The molecule has 0 aromatic heterocycles. The number of urea groups is 1. The number of carbonyl (C=O) groups excluding carboxylic acids is 1. The van der Waals surface area contributed by atoms with Crippen molar-refractivity contribution in [1.82, 2.24) is 10.2 Å². The van der Waals surface area contributed by atoms with Gasteiger partial charge in [0.25, 0.3) is 0 Å². The summed E-state index contributed by atoms with van der Waals surface area (Å²) in [5.41, 5.74) is 5.29. The number of amides is 2. The Morgan fingerprint density at radius 1 is 1.57 bits per heavy atom. The first-order valence-corrected chi connectivity index (χ1v) is 5.31. The van der Waals surface area contributed by atoms with Gasteiger partial charge in [-0.25, -0.2) is 4.79 Å². The average Bonchev–Trinajstić information content (AvgIpc) is 2.15. The van der Waals surface area contributed by atoms with Gasteiger partial charge >= 0.3 is 6.03 Å². The maximum atomic E-state index is 11.5. The second-order valence-electron chi connectivity index (χ2n) is 3.79. The van der Waals surface area contributed by atoms with Gasteiger partial charge in [-0.05, 0) is 18.8 Å². The quantitative estimate of drug-likeness (QED) is 0.667. The lowest BCUT2D eigenvalue weighted by molar-refractivity contribution is 0.175. The van der Waals surface area contributed by atoms with Gasteiger partial charge in [-0.2, -0.15) is 0 Å². The predicted molar refractivity (Wildman–Crippen MR) is 60.2 cm³/mol. The lowest BCUT2D eigenvalue weighted by Gasteiger charge is -2.30. The molecule has 1 aliphatic heterocycles. The zero-order chi connectivity index (χ0) is 10.6. The van der Waals surface area contributed by atoms with E-state index in [1.54, 1.807) is 0 Å². The lowest BCUT2D eigenvalue weighted by atomic mass is 10.00. The molecule has 4 nitrogen and oxygen atoms in total. The summed E-state index contributed by atoms with van der Waals surface area (Å²) in [6.45, 7) is 4.18. The zero-order valence-corrected chi connectivity index (χ0v) is 9.27. The molecule has 1 heterocycles. The summed E-state index contributed by atoms with van der Waals surface area (Å²) in [6.07, 6.45) is 2.17. The molecule has 14 heavy (non-hydrogen) atoms. The number of rotatable bonds is 2. The number of nitrogens with one attached hydrogen (secondary N) is 1. The van der Waals surface area contributed by atoms with Crippen molar-refractivity contribution < 1.29 is 4.79 Å². The van der Waals surface area contributed by atoms with E-state index in [4.69, 9.17) is 5.73 Å². The topological polar surface area (TPSA) is 58.4 Å². The van der Waals surface area contributed by atoms with Crippen molar-refractivity contribution in [2.75, 3.05) is 19.6 Å². The minimum atomic E-state index is -0.0512. The van der Waals surface area contributed by atoms with Crippen LogP contribution >= 0.6 is 12.2 Å². The molecule has 3 N–H and O–H groups in total. The third kappa shape index (κ3) is 3.49. The fourth-order valence-electron chi connectivity index (χ4n) is 1.49. The van der Waals surface area contributed by atoms with E-state index < -0.39 is 0 Å². The van der Waals surface area contributed by atoms with E-state index in [0.29, 0.717) is 11.5 Å². The molecule has 0 spiro atoms. The second kappa shape index (κ2) is 5.14. The normalized spacial score (nSPS) is 17.9. The molecule has 0 bridgehead atoms. The molecule has 1 rings (SSSR count). The van der Waals surface area contributed by atoms with Crippen LogP contribution in [0, 0.1) is 5.92 Å².